The summed E-state index contributed by atoms with van der Waals surface area (Å²) in [5.41, 5.74) is 0. The van der Waals surface area contributed by atoms with Crippen LogP contribution in [0.15, 0.2) is 22.8 Å². The SMILES string of the molecule is C[C@@H](Cc1ccco1)NC(=O)N[C@H]1CCC(=O)N(C)C1. The molecule has 1 aliphatic rings. The van der Waals surface area contributed by atoms with E-state index in [1.54, 1.807) is 18.2 Å². The second-order valence-electron chi connectivity index (χ2n) is 5.31. The molecule has 20 heavy (non-hydrogen) atoms. The molecule has 2 atom stereocenters. The summed E-state index contributed by atoms with van der Waals surface area (Å²) in [7, 11) is 1.76. The number of carbonyl (C=O) groups is 2. The van der Waals surface area contributed by atoms with Gasteiger partial charge >= 0.3 is 6.03 Å². The van der Waals surface area contributed by atoms with Crippen LogP contribution in [0.5, 0.6) is 0 Å². The van der Waals surface area contributed by atoms with Gasteiger partial charge in [-0.05, 0) is 25.5 Å². The lowest BCUT2D eigenvalue weighted by molar-refractivity contribution is -0.132. The lowest BCUT2D eigenvalue weighted by Gasteiger charge is -2.30. The van der Waals surface area contributed by atoms with Crippen LogP contribution in [-0.4, -0.2) is 42.5 Å². The fraction of sp³-hybridized carbons (Fsp3) is 0.571. The molecule has 2 N–H and O–H groups in total. The first-order valence-corrected chi connectivity index (χ1v) is 6.88. The third-order valence-electron chi connectivity index (χ3n) is 3.43. The molecule has 2 rings (SSSR count). The summed E-state index contributed by atoms with van der Waals surface area (Å²) >= 11 is 0. The average molecular weight is 279 g/mol. The first-order chi connectivity index (χ1) is 9.54. The van der Waals surface area contributed by atoms with Crippen LogP contribution in [0.3, 0.4) is 0 Å². The zero-order chi connectivity index (χ0) is 14.5. The molecule has 2 heterocycles. The van der Waals surface area contributed by atoms with Crippen LogP contribution in [0.4, 0.5) is 4.79 Å². The van der Waals surface area contributed by atoms with Crippen LogP contribution in [0.25, 0.3) is 0 Å². The largest absolute Gasteiger partial charge is 0.469 e. The van der Waals surface area contributed by atoms with Gasteiger partial charge in [-0.25, -0.2) is 4.79 Å². The zero-order valence-corrected chi connectivity index (χ0v) is 11.9. The predicted octanol–water partition coefficient (Wildman–Crippen LogP) is 1.13. The summed E-state index contributed by atoms with van der Waals surface area (Å²) in [5, 5.41) is 5.78. The molecule has 0 radical (unpaired) electrons. The Bertz CT molecular complexity index is 458. The van der Waals surface area contributed by atoms with Crippen molar-refractivity contribution in [3.63, 3.8) is 0 Å². The predicted molar refractivity (Wildman–Crippen MR) is 74.2 cm³/mol. The summed E-state index contributed by atoms with van der Waals surface area (Å²) in [6, 6.07) is 3.53. The monoisotopic (exact) mass is 279 g/mol. The normalized spacial score (nSPS) is 20.6. The van der Waals surface area contributed by atoms with Gasteiger partial charge in [0.05, 0.1) is 6.26 Å². The van der Waals surface area contributed by atoms with E-state index in [0.29, 0.717) is 25.8 Å². The van der Waals surface area contributed by atoms with Gasteiger partial charge in [0.15, 0.2) is 0 Å². The van der Waals surface area contributed by atoms with Crippen molar-refractivity contribution in [1.29, 1.82) is 0 Å². The maximum atomic E-state index is 11.9. The van der Waals surface area contributed by atoms with Gasteiger partial charge in [0.25, 0.3) is 0 Å². The highest BCUT2D eigenvalue weighted by atomic mass is 16.3. The van der Waals surface area contributed by atoms with Crippen LogP contribution in [-0.2, 0) is 11.2 Å². The molecule has 0 unspecified atom stereocenters. The summed E-state index contributed by atoms with van der Waals surface area (Å²) in [6.07, 6.45) is 3.47. The number of likely N-dealkylation sites (N-methyl/N-ethyl adjacent to an activating group) is 1. The first kappa shape index (κ1) is 14.4. The number of hydrogen-bond acceptors (Lipinski definition) is 3. The number of carbonyl (C=O) groups excluding carboxylic acids is 2. The molecule has 0 spiro atoms. The maximum absolute atomic E-state index is 11.9. The number of amides is 3. The number of furan rings is 1. The second kappa shape index (κ2) is 6.45. The maximum Gasteiger partial charge on any atom is 0.315 e. The van der Waals surface area contributed by atoms with E-state index in [1.165, 1.54) is 0 Å². The zero-order valence-electron chi connectivity index (χ0n) is 11.9. The van der Waals surface area contributed by atoms with Crippen LogP contribution < -0.4 is 10.6 Å². The Morgan fingerprint density at radius 2 is 2.40 bits per heavy atom. The molecule has 0 aliphatic carbocycles. The summed E-state index contributed by atoms with van der Waals surface area (Å²) in [6.45, 7) is 2.50. The summed E-state index contributed by atoms with van der Waals surface area (Å²) in [5.74, 6) is 0.982. The number of nitrogens with one attached hydrogen (secondary N) is 2. The van der Waals surface area contributed by atoms with E-state index in [9.17, 15) is 9.59 Å². The first-order valence-electron chi connectivity index (χ1n) is 6.88. The smallest absolute Gasteiger partial charge is 0.315 e. The molecule has 6 heteroatoms. The molecule has 1 fully saturated rings. The Hall–Kier alpha value is -1.98. The highest BCUT2D eigenvalue weighted by molar-refractivity contribution is 5.78. The Balaban J connectivity index is 1.73. The van der Waals surface area contributed by atoms with E-state index in [1.807, 2.05) is 19.1 Å². The third-order valence-corrected chi connectivity index (χ3v) is 3.43. The molecule has 1 aromatic rings. The number of nitrogens with zero attached hydrogens (tertiary/aromatic N) is 1. The minimum absolute atomic E-state index is 0.0101. The number of hydrogen-bond donors (Lipinski definition) is 2. The Morgan fingerprint density at radius 1 is 1.60 bits per heavy atom. The third kappa shape index (κ3) is 4.01. The quantitative estimate of drug-likeness (QED) is 0.867. The van der Waals surface area contributed by atoms with Crippen molar-refractivity contribution in [2.24, 2.45) is 0 Å². The fourth-order valence-corrected chi connectivity index (χ4v) is 2.36. The summed E-state index contributed by atoms with van der Waals surface area (Å²) in [4.78, 5) is 24.9. The fourth-order valence-electron chi connectivity index (χ4n) is 2.36. The van der Waals surface area contributed by atoms with E-state index in [-0.39, 0.29) is 24.0 Å². The van der Waals surface area contributed by atoms with Crippen LogP contribution in [0, 0.1) is 0 Å². The minimum Gasteiger partial charge on any atom is -0.469 e. The lowest BCUT2D eigenvalue weighted by Crippen LogP contribution is -2.52. The van der Waals surface area contributed by atoms with Gasteiger partial charge in [0, 0.05) is 38.5 Å². The molecular weight excluding hydrogens is 258 g/mol. The minimum atomic E-state index is -0.197. The van der Waals surface area contributed by atoms with E-state index in [2.05, 4.69) is 10.6 Å². The van der Waals surface area contributed by atoms with Gasteiger partial charge in [-0.1, -0.05) is 0 Å². The standard InChI is InChI=1S/C14H21N3O3/c1-10(8-12-4-3-7-20-12)15-14(19)16-11-5-6-13(18)17(2)9-11/h3-4,7,10-11H,5-6,8-9H2,1-2H3,(H2,15,16,19)/t10-,11-/m0/s1. The molecule has 1 aliphatic heterocycles. The van der Waals surface area contributed by atoms with Gasteiger partial charge in [0.1, 0.15) is 5.76 Å². The van der Waals surface area contributed by atoms with E-state index < -0.39 is 0 Å². The number of piperidine rings is 1. The second-order valence-corrected chi connectivity index (χ2v) is 5.31. The molecule has 1 saturated heterocycles. The van der Waals surface area contributed by atoms with Gasteiger partial charge in [0.2, 0.25) is 5.91 Å². The van der Waals surface area contributed by atoms with Crippen molar-refractivity contribution in [3.8, 4) is 0 Å². The van der Waals surface area contributed by atoms with Crippen molar-refractivity contribution in [2.75, 3.05) is 13.6 Å². The number of likely N-dealkylation sites (tertiary alicyclic amines) is 1. The highest BCUT2D eigenvalue weighted by Gasteiger charge is 2.24. The van der Waals surface area contributed by atoms with Crippen molar-refractivity contribution in [1.82, 2.24) is 15.5 Å². The van der Waals surface area contributed by atoms with Crippen molar-refractivity contribution in [2.45, 2.75) is 38.3 Å². The molecule has 110 valence electrons. The van der Waals surface area contributed by atoms with Crippen LogP contribution in [0.2, 0.25) is 0 Å². The Labute approximate surface area is 118 Å². The topological polar surface area (TPSA) is 74.6 Å². The van der Waals surface area contributed by atoms with E-state index in [4.69, 9.17) is 4.42 Å². The van der Waals surface area contributed by atoms with Crippen molar-refractivity contribution < 1.29 is 14.0 Å². The Kier molecular flexibility index (Phi) is 4.65. The van der Waals surface area contributed by atoms with Gasteiger partial charge in [-0.2, -0.15) is 0 Å². The Morgan fingerprint density at radius 3 is 3.05 bits per heavy atom. The molecule has 0 saturated carbocycles. The molecule has 1 aromatic heterocycles. The molecule has 3 amide bonds. The number of rotatable bonds is 4. The van der Waals surface area contributed by atoms with Gasteiger partial charge in [-0.15, -0.1) is 0 Å². The molecule has 0 aromatic carbocycles. The molecule has 6 nitrogen and oxygen atoms in total. The molecule has 0 bridgehead atoms. The molecular formula is C14H21N3O3. The average Bonchev–Trinajstić information content (AvgIpc) is 2.86. The van der Waals surface area contributed by atoms with E-state index >= 15 is 0 Å². The lowest BCUT2D eigenvalue weighted by atomic mass is 10.1. The van der Waals surface area contributed by atoms with Gasteiger partial charge in [-0.3, -0.25) is 4.79 Å². The number of urea groups is 1. The highest BCUT2D eigenvalue weighted by Crippen LogP contribution is 2.09. The van der Waals surface area contributed by atoms with Gasteiger partial charge < -0.3 is 20.0 Å². The van der Waals surface area contributed by atoms with Crippen molar-refractivity contribution in [3.05, 3.63) is 24.2 Å². The van der Waals surface area contributed by atoms with Crippen LogP contribution in [0.1, 0.15) is 25.5 Å². The van der Waals surface area contributed by atoms with E-state index in [0.717, 1.165) is 5.76 Å². The van der Waals surface area contributed by atoms with Crippen LogP contribution >= 0.6 is 0 Å². The van der Waals surface area contributed by atoms with Crippen molar-refractivity contribution >= 4 is 11.9 Å². The summed E-state index contributed by atoms with van der Waals surface area (Å²) < 4.78 is 5.25.